The van der Waals surface area contributed by atoms with Gasteiger partial charge in [-0.1, -0.05) is 11.6 Å². The van der Waals surface area contributed by atoms with Crippen molar-refractivity contribution in [1.82, 2.24) is 15.5 Å². The number of halogens is 3. The van der Waals surface area contributed by atoms with Gasteiger partial charge < -0.3 is 20.3 Å². The second-order valence-electron chi connectivity index (χ2n) is 4.84. The second-order valence-corrected chi connectivity index (χ2v) is 6.83. The third-order valence-electron chi connectivity index (χ3n) is 3.22. The van der Waals surface area contributed by atoms with Crippen molar-refractivity contribution in [2.75, 3.05) is 26.3 Å². The molecule has 0 spiro atoms. The Morgan fingerprint density at radius 1 is 1.17 bits per heavy atom. The number of alkyl halides is 2. The van der Waals surface area contributed by atoms with Gasteiger partial charge in [-0.15, -0.1) is 23.2 Å². The zero-order valence-electron chi connectivity index (χ0n) is 12.1. The van der Waals surface area contributed by atoms with Gasteiger partial charge in [-0.25, -0.2) is 0 Å². The molecule has 1 heterocycles. The maximum absolute atomic E-state index is 12.2. The summed E-state index contributed by atoms with van der Waals surface area (Å²) in [6, 6.07) is 6.51. The molecule has 0 aliphatic carbocycles. The van der Waals surface area contributed by atoms with Crippen LogP contribution in [0.5, 0.6) is 0 Å². The molecule has 1 unspecified atom stereocenters. The molecule has 2 rings (SSSR count). The van der Waals surface area contributed by atoms with Gasteiger partial charge in [-0.3, -0.25) is 4.79 Å². The minimum Gasteiger partial charge on any atom is -0.378 e. The van der Waals surface area contributed by atoms with Crippen LogP contribution in [0.15, 0.2) is 24.3 Å². The number of nitrogens with one attached hydrogen (secondary N) is 2. The molecule has 0 bridgehead atoms. The van der Waals surface area contributed by atoms with Crippen LogP contribution in [0.1, 0.15) is 10.4 Å². The molecule has 23 heavy (non-hydrogen) atoms. The quantitative estimate of drug-likeness (QED) is 0.465. The van der Waals surface area contributed by atoms with E-state index in [1.165, 1.54) is 0 Å². The van der Waals surface area contributed by atoms with Crippen LogP contribution in [0.2, 0.25) is 5.02 Å². The molecular formula is C14H16Cl3N3O2S. The van der Waals surface area contributed by atoms with E-state index in [1.54, 1.807) is 24.3 Å². The fraction of sp³-hybridized carbons (Fsp3) is 0.429. The second kappa shape index (κ2) is 8.89. The van der Waals surface area contributed by atoms with Gasteiger partial charge in [-0.2, -0.15) is 0 Å². The van der Waals surface area contributed by atoms with Crippen molar-refractivity contribution >= 4 is 58.0 Å². The summed E-state index contributed by atoms with van der Waals surface area (Å²) in [5.74, 6) is -0.324. The van der Waals surface area contributed by atoms with Gasteiger partial charge in [0.1, 0.15) is 11.0 Å². The maximum atomic E-state index is 12.2. The van der Waals surface area contributed by atoms with Crippen LogP contribution in [-0.2, 0) is 4.74 Å². The van der Waals surface area contributed by atoms with Gasteiger partial charge in [0, 0.05) is 23.7 Å². The van der Waals surface area contributed by atoms with Crippen molar-refractivity contribution in [3.63, 3.8) is 0 Å². The summed E-state index contributed by atoms with van der Waals surface area (Å²) in [4.78, 5) is 13.3. The highest BCUT2D eigenvalue weighted by Gasteiger charge is 2.23. The number of carbonyl (C=O) groups excluding carboxylic acids is 1. The fourth-order valence-corrected chi connectivity index (χ4v) is 2.67. The molecule has 5 nitrogen and oxygen atoms in total. The lowest BCUT2D eigenvalue weighted by atomic mass is 10.2. The largest absolute Gasteiger partial charge is 0.378 e. The summed E-state index contributed by atoms with van der Waals surface area (Å²) in [6.45, 7) is 2.57. The van der Waals surface area contributed by atoms with Crippen molar-refractivity contribution in [2.24, 2.45) is 0 Å². The van der Waals surface area contributed by atoms with Crippen molar-refractivity contribution in [3.05, 3.63) is 34.9 Å². The first-order valence-corrected chi connectivity index (χ1v) is 8.61. The molecule has 1 saturated heterocycles. The minimum absolute atomic E-state index is 0.324. The van der Waals surface area contributed by atoms with E-state index in [0.717, 1.165) is 0 Å². The maximum Gasteiger partial charge on any atom is 0.252 e. The number of hydrogen-bond donors (Lipinski definition) is 2. The number of benzene rings is 1. The van der Waals surface area contributed by atoms with Crippen LogP contribution in [0.3, 0.4) is 0 Å². The predicted octanol–water partition coefficient (Wildman–Crippen LogP) is 2.41. The first-order chi connectivity index (χ1) is 11.0. The van der Waals surface area contributed by atoms with E-state index in [2.05, 4.69) is 10.6 Å². The first-order valence-electron chi connectivity index (χ1n) is 6.95. The Kier molecular flexibility index (Phi) is 7.17. The van der Waals surface area contributed by atoms with Crippen LogP contribution in [-0.4, -0.2) is 53.2 Å². The lowest BCUT2D eigenvalue weighted by Crippen LogP contribution is -2.56. The van der Waals surface area contributed by atoms with Crippen LogP contribution < -0.4 is 10.6 Å². The Labute approximate surface area is 155 Å². The highest BCUT2D eigenvalue weighted by molar-refractivity contribution is 7.80. The molecular weight excluding hydrogens is 381 g/mol. The van der Waals surface area contributed by atoms with E-state index in [-0.39, 0.29) is 5.91 Å². The molecule has 1 fully saturated rings. The molecule has 1 aromatic rings. The van der Waals surface area contributed by atoms with E-state index in [0.29, 0.717) is 42.0 Å². The first kappa shape index (κ1) is 18.5. The zero-order chi connectivity index (χ0) is 16.8. The van der Waals surface area contributed by atoms with Gasteiger partial charge in [-0.05, 0) is 36.5 Å². The Balaban J connectivity index is 1.96. The SMILES string of the molecule is O=C(NC(NC(=S)N1CCOCC1)C(Cl)Cl)c1ccc(Cl)cc1. The summed E-state index contributed by atoms with van der Waals surface area (Å²) in [6.07, 6.45) is -0.711. The van der Waals surface area contributed by atoms with E-state index >= 15 is 0 Å². The average Bonchev–Trinajstić information content (AvgIpc) is 2.55. The normalized spacial score (nSPS) is 16.1. The van der Waals surface area contributed by atoms with E-state index in [4.69, 9.17) is 51.8 Å². The highest BCUT2D eigenvalue weighted by atomic mass is 35.5. The van der Waals surface area contributed by atoms with E-state index < -0.39 is 11.0 Å². The van der Waals surface area contributed by atoms with Gasteiger partial charge >= 0.3 is 0 Å². The molecule has 0 saturated carbocycles. The molecule has 2 N–H and O–H groups in total. The number of rotatable bonds is 4. The van der Waals surface area contributed by atoms with Crippen molar-refractivity contribution in [3.8, 4) is 0 Å². The summed E-state index contributed by atoms with van der Waals surface area (Å²) < 4.78 is 5.27. The third kappa shape index (κ3) is 5.65. The summed E-state index contributed by atoms with van der Waals surface area (Å²) in [7, 11) is 0. The summed E-state index contributed by atoms with van der Waals surface area (Å²) >= 11 is 23.0. The zero-order valence-corrected chi connectivity index (χ0v) is 15.2. The predicted molar refractivity (Wildman–Crippen MR) is 96.3 cm³/mol. The number of morpholine rings is 1. The Morgan fingerprint density at radius 3 is 2.35 bits per heavy atom. The molecule has 1 atom stereocenters. The molecule has 126 valence electrons. The van der Waals surface area contributed by atoms with Gasteiger partial charge in [0.2, 0.25) is 0 Å². The van der Waals surface area contributed by atoms with Crippen LogP contribution in [0.4, 0.5) is 0 Å². The Bertz CT molecular complexity index is 551. The van der Waals surface area contributed by atoms with Gasteiger partial charge in [0.15, 0.2) is 5.11 Å². The number of amides is 1. The van der Waals surface area contributed by atoms with Crippen molar-refractivity contribution in [1.29, 1.82) is 0 Å². The summed E-state index contributed by atoms with van der Waals surface area (Å²) in [5, 5.41) is 6.72. The van der Waals surface area contributed by atoms with Crippen LogP contribution in [0.25, 0.3) is 0 Å². The van der Waals surface area contributed by atoms with E-state index in [1.807, 2.05) is 4.90 Å². The molecule has 1 aromatic carbocycles. The van der Waals surface area contributed by atoms with Gasteiger partial charge in [0.05, 0.1) is 13.2 Å². The van der Waals surface area contributed by atoms with E-state index in [9.17, 15) is 4.79 Å². The molecule has 1 aliphatic rings. The number of nitrogens with zero attached hydrogens (tertiary/aromatic N) is 1. The monoisotopic (exact) mass is 395 g/mol. The molecule has 0 aromatic heterocycles. The topological polar surface area (TPSA) is 53.6 Å². The standard InChI is InChI=1S/C14H16Cl3N3O2S/c15-10-3-1-9(2-4-10)13(21)18-12(11(16)17)19-14(23)20-5-7-22-8-6-20/h1-4,11-12H,5-8H2,(H,18,21)(H,19,23). The number of hydrogen-bond acceptors (Lipinski definition) is 3. The summed E-state index contributed by atoms with van der Waals surface area (Å²) in [5.41, 5.74) is 0.451. The smallest absolute Gasteiger partial charge is 0.252 e. The minimum atomic E-state index is -0.870. The fourth-order valence-electron chi connectivity index (χ4n) is 1.98. The molecule has 1 amide bonds. The van der Waals surface area contributed by atoms with Crippen LogP contribution in [0, 0.1) is 0 Å². The molecule has 9 heteroatoms. The average molecular weight is 397 g/mol. The Hall–Kier alpha value is -0.790. The number of carbonyl (C=O) groups is 1. The molecule has 0 radical (unpaired) electrons. The van der Waals surface area contributed by atoms with Gasteiger partial charge in [0.25, 0.3) is 5.91 Å². The molecule has 1 aliphatic heterocycles. The third-order valence-corrected chi connectivity index (χ3v) is 4.35. The van der Waals surface area contributed by atoms with Crippen molar-refractivity contribution < 1.29 is 9.53 Å². The lowest BCUT2D eigenvalue weighted by molar-refractivity contribution is 0.0671. The highest BCUT2D eigenvalue weighted by Crippen LogP contribution is 2.11. The lowest BCUT2D eigenvalue weighted by Gasteiger charge is -2.32. The van der Waals surface area contributed by atoms with Crippen LogP contribution >= 0.6 is 47.0 Å². The number of ether oxygens (including phenoxy) is 1. The van der Waals surface area contributed by atoms with Crippen molar-refractivity contribution in [2.45, 2.75) is 11.0 Å². The number of thiocarbonyl (C=S) groups is 1. The Morgan fingerprint density at radius 2 is 1.78 bits per heavy atom.